The summed E-state index contributed by atoms with van der Waals surface area (Å²) in [6, 6.07) is 14.7. The molecule has 3 rings (SSSR count). The van der Waals surface area contributed by atoms with Gasteiger partial charge < -0.3 is 39.6 Å². The van der Waals surface area contributed by atoms with E-state index in [1.54, 1.807) is 64.7 Å². The lowest BCUT2D eigenvalue weighted by Gasteiger charge is -2.31. The summed E-state index contributed by atoms with van der Waals surface area (Å²) in [6.07, 6.45) is 3.08. The average Bonchev–Trinajstić information content (AvgIpc) is 3.08. The van der Waals surface area contributed by atoms with Crippen LogP contribution in [0.3, 0.4) is 0 Å². The van der Waals surface area contributed by atoms with Crippen molar-refractivity contribution in [1.29, 1.82) is 0 Å². The van der Waals surface area contributed by atoms with Gasteiger partial charge in [-0.3, -0.25) is 14.9 Å². The van der Waals surface area contributed by atoms with Gasteiger partial charge in [0.1, 0.15) is 18.4 Å². The van der Waals surface area contributed by atoms with Crippen LogP contribution in [0.15, 0.2) is 54.6 Å². The Morgan fingerprint density at radius 3 is 1.86 bits per heavy atom. The van der Waals surface area contributed by atoms with E-state index in [4.69, 9.17) is 23.7 Å². The van der Waals surface area contributed by atoms with Crippen molar-refractivity contribution in [3.05, 3.63) is 71.3 Å². The highest BCUT2D eigenvalue weighted by molar-refractivity contribution is 5.97. The number of carbonyl (C=O) groups excluding carboxylic acids is 3. The summed E-state index contributed by atoms with van der Waals surface area (Å²) in [5.41, 5.74) is 3.03. The second-order valence-electron chi connectivity index (χ2n) is 13.0. The quantitative estimate of drug-likeness (QED) is 0.131. The van der Waals surface area contributed by atoms with Crippen LogP contribution in [-0.2, 0) is 20.9 Å². The maximum absolute atomic E-state index is 12.9. The monoisotopic (exact) mass is 690 g/mol. The van der Waals surface area contributed by atoms with Crippen LogP contribution in [-0.4, -0.2) is 64.0 Å². The molecule has 3 aromatic carbocycles. The van der Waals surface area contributed by atoms with Crippen LogP contribution in [0.5, 0.6) is 23.0 Å². The van der Waals surface area contributed by atoms with Crippen molar-refractivity contribution in [3.63, 3.8) is 0 Å². The lowest BCUT2D eigenvalue weighted by Crippen LogP contribution is -2.56. The second-order valence-corrected chi connectivity index (χ2v) is 13.0. The van der Waals surface area contributed by atoms with Crippen LogP contribution in [0.1, 0.15) is 58.2 Å². The topological polar surface area (TPSA) is 145 Å². The first-order valence-electron chi connectivity index (χ1n) is 16.3. The summed E-state index contributed by atoms with van der Waals surface area (Å²) in [5, 5.41) is 11.7. The minimum absolute atomic E-state index is 0.00701. The van der Waals surface area contributed by atoms with E-state index in [2.05, 4.69) is 21.3 Å². The van der Waals surface area contributed by atoms with Crippen LogP contribution >= 0.6 is 0 Å². The highest BCUT2D eigenvalue weighted by Gasteiger charge is 2.28. The van der Waals surface area contributed by atoms with Crippen molar-refractivity contribution in [2.24, 2.45) is 5.92 Å². The Hall–Kier alpha value is -5.23. The van der Waals surface area contributed by atoms with E-state index >= 15 is 0 Å². The number of carbonyl (C=O) groups is 3. The van der Waals surface area contributed by atoms with Gasteiger partial charge in [-0.2, -0.15) is 0 Å². The van der Waals surface area contributed by atoms with Gasteiger partial charge in [-0.05, 0) is 86.7 Å². The third-order valence-electron chi connectivity index (χ3n) is 7.50. The second kappa shape index (κ2) is 18.0. The molecule has 2 atom stereocenters. The molecule has 0 aliphatic heterocycles. The number of nitrogens with one attached hydrogen (secondary N) is 4. The Morgan fingerprint density at radius 1 is 0.720 bits per heavy atom. The molecule has 0 aliphatic rings. The lowest BCUT2D eigenvalue weighted by atomic mass is 9.98. The molecule has 3 aromatic rings. The molecule has 0 heterocycles. The number of benzene rings is 3. The molecule has 0 aliphatic carbocycles. The maximum Gasteiger partial charge on any atom is 0.412 e. The molecule has 50 heavy (non-hydrogen) atoms. The molecule has 3 amide bonds. The molecule has 0 radical (unpaired) electrons. The van der Waals surface area contributed by atoms with Crippen LogP contribution in [0, 0.1) is 5.92 Å². The molecule has 12 nitrogen and oxygen atoms in total. The van der Waals surface area contributed by atoms with Crippen LogP contribution < -0.4 is 40.2 Å². The first-order valence-corrected chi connectivity index (χ1v) is 16.3. The fraction of sp³-hybridized carbons (Fsp3) is 0.395. The lowest BCUT2D eigenvalue weighted by molar-refractivity contribution is -0.128. The first-order chi connectivity index (χ1) is 23.7. The SMILES string of the molecule is COc1ccc(/C=C\c2cc(OC)c(OC)c(OC)c2)cc1NC(=O)OCc1ccc(NC(=O)[C@H](C)NC(=O)[C@@H](NC(C)(C)C)C(C)C)cc1. The summed E-state index contributed by atoms with van der Waals surface area (Å²) in [7, 11) is 6.17. The highest BCUT2D eigenvalue weighted by Crippen LogP contribution is 2.38. The molecule has 0 fully saturated rings. The van der Waals surface area contributed by atoms with E-state index in [1.807, 2.05) is 65.0 Å². The van der Waals surface area contributed by atoms with Crippen molar-refractivity contribution in [2.75, 3.05) is 39.1 Å². The Morgan fingerprint density at radius 2 is 1.32 bits per heavy atom. The van der Waals surface area contributed by atoms with Crippen LogP contribution in [0.4, 0.5) is 16.2 Å². The predicted molar refractivity (Wildman–Crippen MR) is 196 cm³/mol. The third-order valence-corrected chi connectivity index (χ3v) is 7.50. The van der Waals surface area contributed by atoms with Gasteiger partial charge in [-0.15, -0.1) is 0 Å². The Bertz CT molecular complexity index is 1620. The van der Waals surface area contributed by atoms with Gasteiger partial charge >= 0.3 is 6.09 Å². The fourth-order valence-corrected chi connectivity index (χ4v) is 4.92. The average molecular weight is 691 g/mol. The zero-order chi connectivity index (χ0) is 37.0. The molecule has 0 saturated heterocycles. The summed E-state index contributed by atoms with van der Waals surface area (Å²) in [5.74, 6) is 1.48. The van der Waals surface area contributed by atoms with Crippen molar-refractivity contribution < 1.29 is 38.1 Å². The zero-order valence-electron chi connectivity index (χ0n) is 30.6. The minimum Gasteiger partial charge on any atom is -0.495 e. The Balaban J connectivity index is 1.58. The van der Waals surface area contributed by atoms with Crippen molar-refractivity contribution in [1.82, 2.24) is 10.6 Å². The molecule has 270 valence electrons. The molecular weight excluding hydrogens is 640 g/mol. The molecule has 12 heteroatoms. The number of amides is 3. The number of anilines is 2. The van der Waals surface area contributed by atoms with Gasteiger partial charge in [0, 0.05) is 11.2 Å². The molecule has 0 aromatic heterocycles. The van der Waals surface area contributed by atoms with E-state index in [1.165, 1.54) is 7.11 Å². The van der Waals surface area contributed by atoms with Crippen molar-refractivity contribution in [3.8, 4) is 23.0 Å². The number of methoxy groups -OCH3 is 4. The number of rotatable bonds is 15. The smallest absolute Gasteiger partial charge is 0.412 e. The molecule has 0 bridgehead atoms. The maximum atomic E-state index is 12.9. The van der Waals surface area contributed by atoms with Gasteiger partial charge in [-0.1, -0.05) is 44.2 Å². The summed E-state index contributed by atoms with van der Waals surface area (Å²) in [6.45, 7) is 11.5. The molecule has 0 saturated carbocycles. The molecular formula is C38H50N4O8. The molecule has 0 spiro atoms. The van der Waals surface area contributed by atoms with Gasteiger partial charge in [-0.25, -0.2) is 4.79 Å². The van der Waals surface area contributed by atoms with E-state index in [-0.39, 0.29) is 29.9 Å². The van der Waals surface area contributed by atoms with E-state index in [0.717, 1.165) is 11.1 Å². The van der Waals surface area contributed by atoms with Crippen molar-refractivity contribution >= 4 is 41.4 Å². The number of hydrogen-bond acceptors (Lipinski definition) is 9. The largest absolute Gasteiger partial charge is 0.495 e. The Labute approximate surface area is 294 Å². The standard InChI is InChI=1S/C38H50N4O8/c1-23(2)33(42-38(4,5)6)36(44)39-24(3)35(43)40-28-16-13-26(14-17-28)22-50-37(45)41-29-19-25(15-18-30(29)46-7)11-12-27-20-31(47-8)34(49-10)32(21-27)48-9/h11-21,23-24,33,42H,22H2,1-10H3,(H,39,44)(H,40,43)(H,41,45)/b12-11-/t24-,33-/m0/s1. The molecule has 0 unspecified atom stereocenters. The van der Waals surface area contributed by atoms with E-state index in [0.29, 0.717) is 39.9 Å². The van der Waals surface area contributed by atoms with Gasteiger partial charge in [0.05, 0.1) is 40.2 Å². The Kier molecular flexibility index (Phi) is 14.1. The number of ether oxygens (including phenoxy) is 5. The summed E-state index contributed by atoms with van der Waals surface area (Å²) < 4.78 is 27.1. The van der Waals surface area contributed by atoms with Gasteiger partial charge in [0.2, 0.25) is 17.6 Å². The highest BCUT2D eigenvalue weighted by atomic mass is 16.5. The third kappa shape index (κ3) is 11.4. The van der Waals surface area contributed by atoms with Crippen LogP contribution in [0.25, 0.3) is 12.2 Å². The normalized spacial score (nSPS) is 12.5. The first kappa shape index (κ1) is 39.2. The predicted octanol–water partition coefficient (Wildman–Crippen LogP) is 6.50. The summed E-state index contributed by atoms with van der Waals surface area (Å²) in [4.78, 5) is 38.4. The van der Waals surface area contributed by atoms with E-state index < -0.39 is 18.2 Å². The van der Waals surface area contributed by atoms with Gasteiger partial charge in [0.15, 0.2) is 11.5 Å². The fourth-order valence-electron chi connectivity index (χ4n) is 4.92. The zero-order valence-corrected chi connectivity index (χ0v) is 30.6. The number of hydrogen-bond donors (Lipinski definition) is 4. The minimum atomic E-state index is -0.752. The van der Waals surface area contributed by atoms with Gasteiger partial charge in [0.25, 0.3) is 0 Å². The molecule has 4 N–H and O–H groups in total. The van der Waals surface area contributed by atoms with Crippen LogP contribution in [0.2, 0.25) is 0 Å². The van der Waals surface area contributed by atoms with E-state index in [9.17, 15) is 14.4 Å². The summed E-state index contributed by atoms with van der Waals surface area (Å²) >= 11 is 0. The van der Waals surface area contributed by atoms with Crippen molar-refractivity contribution in [2.45, 2.75) is 65.8 Å².